The van der Waals surface area contributed by atoms with Gasteiger partial charge < -0.3 is 20.7 Å². The maximum absolute atomic E-state index is 13.9. The highest BCUT2D eigenvalue weighted by Crippen LogP contribution is 2.38. The van der Waals surface area contributed by atoms with Crippen molar-refractivity contribution in [1.82, 2.24) is 4.90 Å². The van der Waals surface area contributed by atoms with Crippen LogP contribution < -0.4 is 16.0 Å². The summed E-state index contributed by atoms with van der Waals surface area (Å²) < 4.78 is 46.8. The summed E-state index contributed by atoms with van der Waals surface area (Å²) in [6.07, 6.45) is -1.82. The molecule has 0 bridgehead atoms. The lowest BCUT2D eigenvalue weighted by atomic mass is 9.84. The number of alkyl halides is 3. The molecule has 194 valence electrons. The standard InChI is InChI=1S/C24H33F3N4O4/c1-23(2,3)14-30(12-15-5-4-6-15)20(21(28)33)22(34)29-18-8-7-16(11-17(18)24(25,26)27)31-9-10-35-13-19(31)32/h7-8,11,15,20H,4-6,9-10,12-14H2,1-3H3,(H2,28,33)(H,29,34)/t20-/m1/s1. The molecule has 0 aromatic heterocycles. The summed E-state index contributed by atoms with van der Waals surface area (Å²) in [5.74, 6) is -1.98. The van der Waals surface area contributed by atoms with Crippen LogP contribution in [-0.2, 0) is 25.3 Å². The third kappa shape index (κ3) is 6.94. The molecule has 3 N–H and O–H groups in total. The van der Waals surface area contributed by atoms with E-state index in [2.05, 4.69) is 5.32 Å². The molecule has 0 unspecified atom stereocenters. The third-order valence-corrected chi connectivity index (χ3v) is 6.14. The minimum absolute atomic E-state index is 0.0504. The first kappa shape index (κ1) is 26.9. The van der Waals surface area contributed by atoms with Gasteiger partial charge in [-0.2, -0.15) is 13.2 Å². The first-order valence-corrected chi connectivity index (χ1v) is 11.7. The Bertz CT molecular complexity index is 957. The first-order chi connectivity index (χ1) is 16.3. The molecular formula is C24H33F3N4O4. The molecule has 1 aliphatic heterocycles. The Kier molecular flexibility index (Phi) is 8.10. The highest BCUT2D eigenvalue weighted by molar-refractivity contribution is 6.10. The fraction of sp³-hybridized carbons (Fsp3) is 0.625. The van der Waals surface area contributed by atoms with Crippen LogP contribution in [0.5, 0.6) is 0 Å². The van der Waals surface area contributed by atoms with Gasteiger partial charge in [0.1, 0.15) is 6.61 Å². The number of anilines is 2. The maximum Gasteiger partial charge on any atom is 0.418 e. The summed E-state index contributed by atoms with van der Waals surface area (Å²) in [5, 5.41) is 2.29. The van der Waals surface area contributed by atoms with Gasteiger partial charge in [-0.3, -0.25) is 19.3 Å². The number of rotatable bonds is 8. The fourth-order valence-corrected chi connectivity index (χ4v) is 4.39. The van der Waals surface area contributed by atoms with Gasteiger partial charge in [0.2, 0.25) is 5.91 Å². The smallest absolute Gasteiger partial charge is 0.370 e. The van der Waals surface area contributed by atoms with Crippen molar-refractivity contribution in [3.63, 3.8) is 0 Å². The van der Waals surface area contributed by atoms with Gasteiger partial charge >= 0.3 is 6.18 Å². The summed E-state index contributed by atoms with van der Waals surface area (Å²) in [6.45, 7) is 6.78. The molecule has 11 heteroatoms. The van der Waals surface area contributed by atoms with E-state index in [4.69, 9.17) is 10.5 Å². The van der Waals surface area contributed by atoms with Crippen molar-refractivity contribution < 1.29 is 32.3 Å². The monoisotopic (exact) mass is 498 g/mol. The van der Waals surface area contributed by atoms with Crippen molar-refractivity contribution in [2.45, 2.75) is 52.3 Å². The predicted octanol–water partition coefficient (Wildman–Crippen LogP) is 3.01. The van der Waals surface area contributed by atoms with E-state index in [-0.39, 0.29) is 30.9 Å². The van der Waals surface area contributed by atoms with E-state index in [1.54, 1.807) is 4.90 Å². The summed E-state index contributed by atoms with van der Waals surface area (Å²) in [7, 11) is 0. The van der Waals surface area contributed by atoms with E-state index in [0.717, 1.165) is 31.4 Å². The number of carbonyl (C=O) groups is 3. The topological polar surface area (TPSA) is 105 Å². The number of amides is 3. The maximum atomic E-state index is 13.9. The Morgan fingerprint density at radius 1 is 1.26 bits per heavy atom. The van der Waals surface area contributed by atoms with Crippen molar-refractivity contribution in [2.24, 2.45) is 17.1 Å². The molecule has 1 saturated carbocycles. The van der Waals surface area contributed by atoms with E-state index >= 15 is 0 Å². The van der Waals surface area contributed by atoms with Crippen LogP contribution in [0.2, 0.25) is 0 Å². The Morgan fingerprint density at radius 2 is 1.94 bits per heavy atom. The van der Waals surface area contributed by atoms with Crippen LogP contribution in [0.4, 0.5) is 24.5 Å². The quantitative estimate of drug-likeness (QED) is 0.536. The molecule has 1 atom stereocenters. The fourth-order valence-electron chi connectivity index (χ4n) is 4.39. The lowest BCUT2D eigenvalue weighted by molar-refractivity contribution is -0.137. The largest absolute Gasteiger partial charge is 0.418 e. The molecule has 3 rings (SSSR count). The molecule has 35 heavy (non-hydrogen) atoms. The van der Waals surface area contributed by atoms with E-state index in [0.29, 0.717) is 19.0 Å². The SMILES string of the molecule is CC(C)(C)CN(CC1CCC1)[C@H](C(N)=O)C(=O)Nc1ccc(N2CCOCC2=O)cc1C(F)(F)F. The number of hydrogen-bond acceptors (Lipinski definition) is 5. The lowest BCUT2D eigenvalue weighted by Crippen LogP contribution is -2.55. The number of carbonyl (C=O) groups excluding carboxylic acids is 3. The van der Waals surface area contributed by atoms with Gasteiger partial charge in [-0.25, -0.2) is 0 Å². The lowest BCUT2D eigenvalue weighted by Gasteiger charge is -2.38. The van der Waals surface area contributed by atoms with Crippen LogP contribution >= 0.6 is 0 Å². The highest BCUT2D eigenvalue weighted by atomic mass is 19.4. The van der Waals surface area contributed by atoms with Crippen molar-refractivity contribution in [3.05, 3.63) is 23.8 Å². The van der Waals surface area contributed by atoms with Crippen LogP contribution in [0, 0.1) is 11.3 Å². The van der Waals surface area contributed by atoms with Gasteiger partial charge in [0.05, 0.1) is 17.9 Å². The zero-order chi connectivity index (χ0) is 26.0. The second-order valence-corrected chi connectivity index (χ2v) is 10.4. The minimum Gasteiger partial charge on any atom is -0.370 e. The van der Waals surface area contributed by atoms with Crippen LogP contribution in [0.15, 0.2) is 18.2 Å². The molecule has 0 radical (unpaired) electrons. The van der Waals surface area contributed by atoms with E-state index < -0.39 is 41.2 Å². The number of benzene rings is 1. The van der Waals surface area contributed by atoms with Gasteiger partial charge in [-0.15, -0.1) is 0 Å². The van der Waals surface area contributed by atoms with Crippen molar-refractivity contribution in [3.8, 4) is 0 Å². The molecule has 2 aliphatic rings. The Morgan fingerprint density at radius 3 is 2.46 bits per heavy atom. The molecular weight excluding hydrogens is 465 g/mol. The van der Waals surface area contributed by atoms with Crippen LogP contribution in [0.25, 0.3) is 0 Å². The predicted molar refractivity (Wildman–Crippen MR) is 125 cm³/mol. The molecule has 1 heterocycles. The second kappa shape index (κ2) is 10.5. The number of nitrogens with zero attached hydrogens (tertiary/aromatic N) is 2. The van der Waals surface area contributed by atoms with Crippen molar-refractivity contribution >= 4 is 29.1 Å². The molecule has 1 aromatic carbocycles. The van der Waals surface area contributed by atoms with Gasteiger partial charge in [-0.1, -0.05) is 27.2 Å². The number of nitrogens with one attached hydrogen (secondary N) is 1. The number of halogens is 3. The number of hydrogen-bond donors (Lipinski definition) is 2. The normalized spacial score (nSPS) is 18.4. The number of ether oxygens (including phenoxy) is 1. The van der Waals surface area contributed by atoms with E-state index in [1.807, 2.05) is 20.8 Å². The molecule has 8 nitrogen and oxygen atoms in total. The second-order valence-electron chi connectivity index (χ2n) is 10.4. The average Bonchev–Trinajstić information content (AvgIpc) is 2.69. The van der Waals surface area contributed by atoms with Gasteiger partial charge in [0, 0.05) is 25.3 Å². The van der Waals surface area contributed by atoms with Crippen molar-refractivity contribution in [1.29, 1.82) is 0 Å². The summed E-state index contributed by atoms with van der Waals surface area (Å²) in [6, 6.07) is 1.82. The first-order valence-electron chi connectivity index (χ1n) is 11.7. The number of nitrogens with two attached hydrogens (primary N) is 1. The average molecular weight is 499 g/mol. The zero-order valence-corrected chi connectivity index (χ0v) is 20.3. The van der Waals surface area contributed by atoms with Gasteiger partial charge in [-0.05, 0) is 42.4 Å². The van der Waals surface area contributed by atoms with E-state index in [9.17, 15) is 27.6 Å². The van der Waals surface area contributed by atoms with E-state index in [1.165, 1.54) is 11.0 Å². The number of morpholine rings is 1. The molecule has 1 aromatic rings. The van der Waals surface area contributed by atoms with Crippen LogP contribution in [0.1, 0.15) is 45.6 Å². The molecule has 2 fully saturated rings. The third-order valence-electron chi connectivity index (χ3n) is 6.14. The Labute approximate surface area is 202 Å². The zero-order valence-electron chi connectivity index (χ0n) is 20.3. The highest BCUT2D eigenvalue weighted by Gasteiger charge is 2.39. The number of primary amides is 1. The van der Waals surface area contributed by atoms with Crippen LogP contribution in [-0.4, -0.2) is 61.5 Å². The minimum atomic E-state index is -4.81. The summed E-state index contributed by atoms with van der Waals surface area (Å²) >= 11 is 0. The van der Waals surface area contributed by atoms with Crippen molar-refractivity contribution in [2.75, 3.05) is 43.1 Å². The summed E-state index contributed by atoms with van der Waals surface area (Å²) in [5.41, 5.74) is 3.74. The summed E-state index contributed by atoms with van der Waals surface area (Å²) in [4.78, 5) is 40.5. The van der Waals surface area contributed by atoms with Gasteiger partial charge in [0.15, 0.2) is 6.04 Å². The molecule has 0 spiro atoms. The molecule has 3 amide bonds. The molecule has 1 saturated heterocycles. The van der Waals surface area contributed by atoms with Gasteiger partial charge in [0.25, 0.3) is 11.8 Å². The Balaban J connectivity index is 1.89. The molecule has 1 aliphatic carbocycles. The Hall–Kier alpha value is -2.66. The van der Waals surface area contributed by atoms with Crippen LogP contribution in [0.3, 0.4) is 0 Å².